The summed E-state index contributed by atoms with van der Waals surface area (Å²) < 4.78 is 23.9. The van der Waals surface area contributed by atoms with Crippen molar-refractivity contribution in [1.29, 1.82) is 0 Å². The van der Waals surface area contributed by atoms with Crippen LogP contribution in [0.25, 0.3) is 5.82 Å². The van der Waals surface area contributed by atoms with E-state index in [0.29, 0.717) is 11.6 Å². The van der Waals surface area contributed by atoms with Crippen LogP contribution in [0.2, 0.25) is 0 Å². The molecule has 0 aliphatic rings. The molecule has 0 radical (unpaired) electrons. The summed E-state index contributed by atoms with van der Waals surface area (Å²) in [6.07, 6.45) is 3.80. The summed E-state index contributed by atoms with van der Waals surface area (Å²) in [4.78, 5) is 4.17. The molecule has 0 saturated carbocycles. The number of sulfone groups is 1. The Hall–Kier alpha value is -1.89. The first-order valence-corrected chi connectivity index (χ1v) is 6.33. The van der Waals surface area contributed by atoms with Gasteiger partial charge in [-0.3, -0.25) is 0 Å². The van der Waals surface area contributed by atoms with Crippen LogP contribution in [-0.2, 0) is 9.84 Å². The van der Waals surface area contributed by atoms with Gasteiger partial charge in [-0.15, -0.1) is 0 Å². The predicted octanol–water partition coefficient (Wildman–Crippen LogP) is 0.253. The minimum atomic E-state index is -3.24. The molecule has 0 atom stereocenters. The Kier molecular flexibility index (Phi) is 2.39. The van der Waals surface area contributed by atoms with Crippen molar-refractivity contribution in [2.45, 2.75) is 4.90 Å². The zero-order chi connectivity index (χ0) is 11.8. The lowest BCUT2D eigenvalue weighted by Crippen LogP contribution is -2.00. The Balaban J connectivity index is 2.47. The van der Waals surface area contributed by atoms with Gasteiger partial charge in [0.1, 0.15) is 10.7 Å². The average Bonchev–Trinajstić information content (AvgIpc) is 2.65. The number of nitrogens with two attached hydrogens (primary N) is 1. The number of nitrogen functional groups attached to an aromatic ring is 1. The highest BCUT2D eigenvalue weighted by Gasteiger charge is 2.10. The molecule has 0 saturated heterocycles. The van der Waals surface area contributed by atoms with E-state index in [1.165, 1.54) is 17.1 Å². The zero-order valence-corrected chi connectivity index (χ0v) is 9.35. The van der Waals surface area contributed by atoms with Crippen LogP contribution in [0.15, 0.2) is 35.5 Å². The summed E-state index contributed by atoms with van der Waals surface area (Å²) >= 11 is 0. The van der Waals surface area contributed by atoms with Gasteiger partial charge in [0.25, 0.3) is 0 Å². The van der Waals surface area contributed by atoms with Crippen LogP contribution in [-0.4, -0.2) is 29.4 Å². The van der Waals surface area contributed by atoms with Gasteiger partial charge in [-0.2, -0.15) is 5.10 Å². The average molecular weight is 238 g/mol. The maximum Gasteiger partial charge on any atom is 0.178 e. The van der Waals surface area contributed by atoms with Gasteiger partial charge in [0.05, 0.1) is 12.4 Å². The number of hydrogen-bond donors (Lipinski definition) is 1. The molecule has 0 aromatic carbocycles. The van der Waals surface area contributed by atoms with Crippen molar-refractivity contribution in [2.75, 3.05) is 12.0 Å². The first kappa shape index (κ1) is 10.6. The minimum Gasteiger partial charge on any atom is -0.384 e. The zero-order valence-electron chi connectivity index (χ0n) is 8.53. The lowest BCUT2D eigenvalue weighted by atomic mass is 10.4. The smallest absolute Gasteiger partial charge is 0.178 e. The Bertz CT molecular complexity index is 618. The number of aromatic nitrogens is 3. The number of nitrogens with zero attached hydrogens (tertiary/aromatic N) is 3. The molecular weight excluding hydrogens is 228 g/mol. The second-order valence-electron chi connectivity index (χ2n) is 3.31. The molecule has 0 spiro atoms. The number of rotatable bonds is 2. The van der Waals surface area contributed by atoms with Crippen molar-refractivity contribution >= 4 is 15.7 Å². The molecule has 0 unspecified atom stereocenters. The Morgan fingerprint density at radius 2 is 2.12 bits per heavy atom. The van der Waals surface area contributed by atoms with Crippen LogP contribution >= 0.6 is 0 Å². The van der Waals surface area contributed by atoms with Crippen LogP contribution in [0.4, 0.5) is 5.82 Å². The number of anilines is 1. The van der Waals surface area contributed by atoms with E-state index in [9.17, 15) is 8.42 Å². The highest BCUT2D eigenvalue weighted by molar-refractivity contribution is 7.90. The van der Waals surface area contributed by atoms with E-state index in [4.69, 9.17) is 5.73 Å². The first-order chi connectivity index (χ1) is 7.47. The normalized spacial score (nSPS) is 11.6. The monoisotopic (exact) mass is 238 g/mol. The van der Waals surface area contributed by atoms with E-state index in [2.05, 4.69) is 10.1 Å². The van der Waals surface area contributed by atoms with Crippen molar-refractivity contribution in [2.24, 2.45) is 0 Å². The van der Waals surface area contributed by atoms with E-state index in [1.54, 1.807) is 18.2 Å². The third-order valence-corrected chi connectivity index (χ3v) is 3.04. The quantitative estimate of drug-likeness (QED) is 0.810. The van der Waals surface area contributed by atoms with Crippen LogP contribution in [0.5, 0.6) is 0 Å². The highest BCUT2D eigenvalue weighted by Crippen LogP contribution is 2.11. The summed E-state index contributed by atoms with van der Waals surface area (Å²) in [5, 5.41) is 3.91. The summed E-state index contributed by atoms with van der Waals surface area (Å²) in [6, 6.07) is 5.05. The maximum atomic E-state index is 11.2. The largest absolute Gasteiger partial charge is 0.384 e. The van der Waals surface area contributed by atoms with Gasteiger partial charge in [0.15, 0.2) is 15.7 Å². The van der Waals surface area contributed by atoms with Crippen LogP contribution in [0.1, 0.15) is 0 Å². The molecule has 2 N–H and O–H groups in total. The number of hydrogen-bond acceptors (Lipinski definition) is 5. The van der Waals surface area contributed by atoms with Gasteiger partial charge in [-0.05, 0) is 12.1 Å². The Morgan fingerprint density at radius 3 is 2.69 bits per heavy atom. The van der Waals surface area contributed by atoms with Crippen LogP contribution < -0.4 is 5.73 Å². The van der Waals surface area contributed by atoms with Gasteiger partial charge < -0.3 is 5.73 Å². The van der Waals surface area contributed by atoms with E-state index in [-0.39, 0.29) is 4.90 Å². The number of pyridine rings is 1. The van der Waals surface area contributed by atoms with E-state index in [0.717, 1.165) is 6.26 Å². The molecule has 0 aliphatic heterocycles. The molecule has 84 valence electrons. The van der Waals surface area contributed by atoms with Crippen molar-refractivity contribution in [3.05, 3.63) is 30.6 Å². The molecule has 0 aliphatic carbocycles. The molecule has 7 heteroatoms. The van der Waals surface area contributed by atoms with E-state index < -0.39 is 9.84 Å². The first-order valence-electron chi connectivity index (χ1n) is 4.44. The maximum absolute atomic E-state index is 11.2. The summed E-state index contributed by atoms with van der Waals surface area (Å²) in [5.41, 5.74) is 5.52. The second kappa shape index (κ2) is 3.60. The molecule has 2 aromatic heterocycles. The summed E-state index contributed by atoms with van der Waals surface area (Å²) in [6.45, 7) is 0. The Labute approximate surface area is 92.6 Å². The van der Waals surface area contributed by atoms with E-state index >= 15 is 0 Å². The molecule has 16 heavy (non-hydrogen) atoms. The third-order valence-electron chi connectivity index (χ3n) is 1.98. The van der Waals surface area contributed by atoms with Crippen molar-refractivity contribution < 1.29 is 8.42 Å². The van der Waals surface area contributed by atoms with Gasteiger partial charge in [0.2, 0.25) is 0 Å². The molecule has 2 heterocycles. The lowest BCUT2D eigenvalue weighted by Gasteiger charge is -1.99. The molecular formula is C9H10N4O2S. The molecule has 2 rings (SSSR count). The molecule has 2 aromatic rings. The lowest BCUT2D eigenvalue weighted by molar-refractivity contribution is 0.602. The third kappa shape index (κ3) is 2.03. The fraction of sp³-hybridized carbons (Fsp3) is 0.111. The van der Waals surface area contributed by atoms with Crippen molar-refractivity contribution in [3.8, 4) is 5.82 Å². The molecule has 0 amide bonds. The topological polar surface area (TPSA) is 90.9 Å². The molecule has 6 nitrogen and oxygen atoms in total. The van der Waals surface area contributed by atoms with Gasteiger partial charge in [-0.1, -0.05) is 6.07 Å². The van der Waals surface area contributed by atoms with Crippen LogP contribution in [0, 0.1) is 0 Å². The molecule has 0 bridgehead atoms. The fourth-order valence-corrected chi connectivity index (χ4v) is 1.72. The standard InChI is InChI=1S/C9H10N4O2S/c1-16(14,15)7-5-11-13(6-7)9-4-2-3-8(10)12-9/h2-6H,1H3,(H2,10,12). The van der Waals surface area contributed by atoms with E-state index in [1.807, 2.05) is 0 Å². The Morgan fingerprint density at radius 1 is 1.38 bits per heavy atom. The SMILES string of the molecule is CS(=O)(=O)c1cnn(-c2cccc(N)n2)c1. The summed E-state index contributed by atoms with van der Waals surface area (Å²) in [5.74, 6) is 0.837. The second-order valence-corrected chi connectivity index (χ2v) is 5.33. The molecule has 0 fully saturated rings. The fourth-order valence-electron chi connectivity index (χ4n) is 1.19. The predicted molar refractivity (Wildman–Crippen MR) is 58.9 cm³/mol. The van der Waals surface area contributed by atoms with Crippen LogP contribution in [0.3, 0.4) is 0 Å². The van der Waals surface area contributed by atoms with Gasteiger partial charge in [0, 0.05) is 6.26 Å². The van der Waals surface area contributed by atoms with Gasteiger partial charge in [-0.25, -0.2) is 18.1 Å². The van der Waals surface area contributed by atoms with Crippen molar-refractivity contribution in [1.82, 2.24) is 14.8 Å². The minimum absolute atomic E-state index is 0.150. The van der Waals surface area contributed by atoms with Gasteiger partial charge >= 0.3 is 0 Å². The summed E-state index contributed by atoms with van der Waals surface area (Å²) in [7, 11) is -3.24. The highest BCUT2D eigenvalue weighted by atomic mass is 32.2. The van der Waals surface area contributed by atoms with Crippen molar-refractivity contribution in [3.63, 3.8) is 0 Å².